The minimum Gasteiger partial charge on any atom is -0.371 e. The lowest BCUT2D eigenvalue weighted by Crippen LogP contribution is -2.46. The summed E-state index contributed by atoms with van der Waals surface area (Å²) in [6, 6.07) is 10.8. The summed E-state index contributed by atoms with van der Waals surface area (Å²) in [5, 5.41) is 6.80. The fraction of sp³-hybridized carbons (Fsp3) is 0.562. The second-order valence-corrected chi connectivity index (χ2v) is 5.68. The van der Waals surface area contributed by atoms with Crippen LogP contribution in [0.2, 0.25) is 0 Å². The van der Waals surface area contributed by atoms with E-state index in [-0.39, 0.29) is 24.0 Å². The Morgan fingerprint density at radius 3 is 2.86 bits per heavy atom. The first-order chi connectivity index (χ1) is 9.92. The molecule has 5 heteroatoms. The first-order valence-electron chi connectivity index (χ1n) is 7.74. The molecule has 2 aliphatic heterocycles. The molecule has 2 aliphatic rings. The number of hydrogen-bond acceptors (Lipinski definition) is 4. The molecule has 2 heterocycles. The summed E-state index contributed by atoms with van der Waals surface area (Å²) >= 11 is 0. The maximum absolute atomic E-state index is 4.47. The summed E-state index contributed by atoms with van der Waals surface area (Å²) in [5.74, 6) is 1.70. The van der Waals surface area contributed by atoms with Crippen molar-refractivity contribution in [2.45, 2.75) is 19.3 Å². The summed E-state index contributed by atoms with van der Waals surface area (Å²) in [4.78, 5) is 6.98. The van der Waals surface area contributed by atoms with E-state index in [1.165, 1.54) is 25.1 Å². The van der Waals surface area contributed by atoms with Crippen molar-refractivity contribution in [2.75, 3.05) is 37.6 Å². The van der Waals surface area contributed by atoms with E-state index in [1.54, 1.807) is 0 Å². The molecule has 1 aromatic carbocycles. The molecule has 1 saturated heterocycles. The fourth-order valence-electron chi connectivity index (χ4n) is 3.00. The number of guanidine groups is 1. The van der Waals surface area contributed by atoms with Crippen molar-refractivity contribution in [3.8, 4) is 0 Å². The Hall–Kier alpha value is -0.980. The van der Waals surface area contributed by atoms with E-state index in [1.807, 2.05) is 0 Å². The van der Waals surface area contributed by atoms with Gasteiger partial charge in [-0.05, 0) is 37.3 Å². The van der Waals surface area contributed by atoms with Crippen LogP contribution in [0.3, 0.4) is 0 Å². The molecule has 0 aliphatic carbocycles. The van der Waals surface area contributed by atoms with Gasteiger partial charge in [-0.2, -0.15) is 0 Å². The minimum atomic E-state index is 0. The third kappa shape index (κ3) is 4.76. The maximum atomic E-state index is 4.47. The van der Waals surface area contributed by atoms with Crippen molar-refractivity contribution < 1.29 is 0 Å². The fourth-order valence-corrected chi connectivity index (χ4v) is 3.00. The molecule has 1 fully saturated rings. The summed E-state index contributed by atoms with van der Waals surface area (Å²) < 4.78 is 0. The molecule has 3 rings (SSSR count). The Kier molecular flexibility index (Phi) is 6.60. The van der Waals surface area contributed by atoms with Gasteiger partial charge in [0, 0.05) is 38.4 Å². The topological polar surface area (TPSA) is 39.7 Å². The highest BCUT2D eigenvalue weighted by atomic mass is 127. The van der Waals surface area contributed by atoms with E-state index in [0.29, 0.717) is 5.92 Å². The number of benzene rings is 1. The highest BCUT2D eigenvalue weighted by molar-refractivity contribution is 14.0. The van der Waals surface area contributed by atoms with E-state index in [0.717, 1.165) is 38.6 Å². The highest BCUT2D eigenvalue weighted by Crippen LogP contribution is 2.22. The lowest BCUT2D eigenvalue weighted by molar-refractivity contribution is 0.409. The van der Waals surface area contributed by atoms with Crippen molar-refractivity contribution in [3.05, 3.63) is 30.3 Å². The van der Waals surface area contributed by atoms with Crippen LogP contribution in [0, 0.1) is 5.92 Å². The van der Waals surface area contributed by atoms with Gasteiger partial charge in [0.15, 0.2) is 5.96 Å². The number of nitrogens with zero attached hydrogens (tertiary/aromatic N) is 2. The number of anilines is 1. The second-order valence-electron chi connectivity index (χ2n) is 5.68. The third-order valence-corrected chi connectivity index (χ3v) is 4.10. The van der Waals surface area contributed by atoms with Gasteiger partial charge in [0.05, 0.1) is 0 Å². The average molecular weight is 400 g/mol. The van der Waals surface area contributed by atoms with Crippen molar-refractivity contribution in [2.24, 2.45) is 10.9 Å². The van der Waals surface area contributed by atoms with Gasteiger partial charge >= 0.3 is 0 Å². The second kappa shape index (κ2) is 8.46. The van der Waals surface area contributed by atoms with Crippen LogP contribution in [0.25, 0.3) is 0 Å². The Balaban J connectivity index is 0.00000161. The molecule has 2 N–H and O–H groups in total. The van der Waals surface area contributed by atoms with E-state index >= 15 is 0 Å². The molecule has 0 amide bonds. The van der Waals surface area contributed by atoms with E-state index < -0.39 is 0 Å². The van der Waals surface area contributed by atoms with Gasteiger partial charge in [-0.3, -0.25) is 4.99 Å². The van der Waals surface area contributed by atoms with Crippen molar-refractivity contribution in [3.63, 3.8) is 0 Å². The van der Waals surface area contributed by atoms with Crippen LogP contribution in [-0.2, 0) is 0 Å². The molecule has 0 aromatic heterocycles. The van der Waals surface area contributed by atoms with Gasteiger partial charge < -0.3 is 15.5 Å². The molecule has 0 spiro atoms. The van der Waals surface area contributed by atoms with Gasteiger partial charge in [-0.25, -0.2) is 0 Å². The zero-order valence-electron chi connectivity index (χ0n) is 12.4. The van der Waals surface area contributed by atoms with Crippen LogP contribution in [0.15, 0.2) is 35.3 Å². The number of para-hydroxylation sites is 1. The molecule has 1 atom stereocenters. The van der Waals surface area contributed by atoms with Gasteiger partial charge in [0.2, 0.25) is 0 Å². The molecule has 116 valence electrons. The smallest absolute Gasteiger partial charge is 0.191 e. The first-order valence-corrected chi connectivity index (χ1v) is 7.74. The zero-order valence-corrected chi connectivity index (χ0v) is 14.8. The Morgan fingerprint density at radius 1 is 1.24 bits per heavy atom. The van der Waals surface area contributed by atoms with E-state index in [4.69, 9.17) is 0 Å². The number of halogens is 1. The van der Waals surface area contributed by atoms with Crippen molar-refractivity contribution in [1.82, 2.24) is 10.6 Å². The lowest BCUT2D eigenvalue weighted by Gasteiger charge is -2.34. The maximum Gasteiger partial charge on any atom is 0.191 e. The average Bonchev–Trinajstić information content (AvgIpc) is 2.55. The summed E-state index contributed by atoms with van der Waals surface area (Å²) in [5.41, 5.74) is 1.35. The lowest BCUT2D eigenvalue weighted by atomic mass is 9.97. The van der Waals surface area contributed by atoms with Crippen molar-refractivity contribution >= 4 is 35.6 Å². The van der Waals surface area contributed by atoms with Crippen LogP contribution in [-0.4, -0.2) is 38.7 Å². The number of hydrogen-bond donors (Lipinski definition) is 2. The molecular weight excluding hydrogens is 375 g/mol. The summed E-state index contributed by atoms with van der Waals surface area (Å²) in [6.45, 7) is 5.35. The molecule has 0 bridgehead atoms. The molecule has 21 heavy (non-hydrogen) atoms. The number of piperidine rings is 1. The summed E-state index contributed by atoms with van der Waals surface area (Å²) in [6.07, 6.45) is 3.74. The standard InChI is InChI=1S/C16H24N4.HI/c1-2-7-15(8-3-1)20-11-4-6-14(13-20)12-19-16-17-9-5-10-18-16;/h1-3,7-8,14H,4-6,9-13H2,(H2,17,18,19);1H. The van der Waals surface area contributed by atoms with Crippen LogP contribution in [0.5, 0.6) is 0 Å². The van der Waals surface area contributed by atoms with Gasteiger partial charge in [0.1, 0.15) is 0 Å². The van der Waals surface area contributed by atoms with E-state index in [9.17, 15) is 0 Å². The molecule has 1 unspecified atom stereocenters. The van der Waals surface area contributed by atoms with Gasteiger partial charge in [-0.15, -0.1) is 24.0 Å². The largest absolute Gasteiger partial charge is 0.371 e. The van der Waals surface area contributed by atoms with Gasteiger partial charge in [-0.1, -0.05) is 18.2 Å². The molecule has 4 nitrogen and oxygen atoms in total. The number of nitrogens with one attached hydrogen (secondary N) is 2. The monoisotopic (exact) mass is 400 g/mol. The third-order valence-electron chi connectivity index (χ3n) is 4.10. The Bertz CT molecular complexity index is 449. The van der Waals surface area contributed by atoms with Crippen LogP contribution in [0.4, 0.5) is 5.69 Å². The quantitative estimate of drug-likeness (QED) is 0.766. The predicted molar refractivity (Wildman–Crippen MR) is 99.7 cm³/mol. The SMILES string of the molecule is I.c1ccc(N2CCCC(CNC3=NCCCN3)C2)cc1. The number of rotatable bonds is 3. The van der Waals surface area contributed by atoms with E-state index in [2.05, 4.69) is 50.9 Å². The Morgan fingerprint density at radius 2 is 2.10 bits per heavy atom. The first kappa shape index (κ1) is 16.4. The molecular formula is C16H25IN4. The van der Waals surface area contributed by atoms with Crippen molar-refractivity contribution in [1.29, 1.82) is 0 Å². The van der Waals surface area contributed by atoms with Crippen LogP contribution in [0.1, 0.15) is 19.3 Å². The summed E-state index contributed by atoms with van der Waals surface area (Å²) in [7, 11) is 0. The highest BCUT2D eigenvalue weighted by Gasteiger charge is 2.20. The number of aliphatic imine (C=N–C) groups is 1. The van der Waals surface area contributed by atoms with Crippen LogP contribution < -0.4 is 15.5 Å². The predicted octanol–water partition coefficient (Wildman–Crippen LogP) is 2.46. The zero-order chi connectivity index (χ0) is 13.6. The minimum absolute atomic E-state index is 0. The normalized spacial score (nSPS) is 21.8. The molecule has 1 aromatic rings. The van der Waals surface area contributed by atoms with Crippen LogP contribution >= 0.6 is 24.0 Å². The molecule has 0 saturated carbocycles. The molecule has 0 radical (unpaired) electrons. The van der Waals surface area contributed by atoms with Gasteiger partial charge in [0.25, 0.3) is 0 Å². The Labute approximate surface area is 144 Å².